The second kappa shape index (κ2) is 7.90. The van der Waals surface area contributed by atoms with Gasteiger partial charge >= 0.3 is 0 Å². The number of rotatable bonds is 6. The van der Waals surface area contributed by atoms with Crippen molar-refractivity contribution in [2.45, 2.75) is 51.6 Å². The van der Waals surface area contributed by atoms with Crippen molar-refractivity contribution in [3.05, 3.63) is 34.6 Å². The van der Waals surface area contributed by atoms with E-state index in [4.69, 9.17) is 16.3 Å². The first-order chi connectivity index (χ1) is 10.1. The zero-order valence-corrected chi connectivity index (χ0v) is 13.2. The summed E-state index contributed by atoms with van der Waals surface area (Å²) in [6.07, 6.45) is 5.12. The molecule has 116 valence electrons. The Hall–Kier alpha value is -0.930. The van der Waals surface area contributed by atoms with Crippen LogP contribution in [0.25, 0.3) is 0 Å². The van der Waals surface area contributed by atoms with E-state index in [0.717, 1.165) is 25.7 Å². The van der Waals surface area contributed by atoms with Crippen molar-refractivity contribution in [2.75, 3.05) is 6.61 Å². The summed E-state index contributed by atoms with van der Waals surface area (Å²) in [6.45, 7) is 2.39. The fourth-order valence-electron chi connectivity index (χ4n) is 3.08. The van der Waals surface area contributed by atoms with E-state index in [-0.39, 0.29) is 23.7 Å². The van der Waals surface area contributed by atoms with Gasteiger partial charge in [-0.3, -0.25) is 4.79 Å². The SMILES string of the molecule is CCOC(C(=O)Cc1c(F)cccc1Cl)C1CCCCC1. The molecule has 1 aliphatic rings. The smallest absolute Gasteiger partial charge is 0.166 e. The molecule has 1 aromatic rings. The van der Waals surface area contributed by atoms with Crippen molar-refractivity contribution in [1.82, 2.24) is 0 Å². The molecule has 1 saturated carbocycles. The van der Waals surface area contributed by atoms with Crippen LogP contribution in [0.4, 0.5) is 4.39 Å². The molecule has 0 N–H and O–H groups in total. The van der Waals surface area contributed by atoms with Gasteiger partial charge in [0.15, 0.2) is 5.78 Å². The lowest BCUT2D eigenvalue weighted by Crippen LogP contribution is -2.35. The molecule has 1 atom stereocenters. The molecule has 0 aromatic heterocycles. The second-order valence-electron chi connectivity index (χ2n) is 5.62. The lowest BCUT2D eigenvalue weighted by Gasteiger charge is -2.29. The minimum absolute atomic E-state index is 0.00662. The molecule has 1 fully saturated rings. The van der Waals surface area contributed by atoms with Gasteiger partial charge in [-0.2, -0.15) is 0 Å². The van der Waals surface area contributed by atoms with Gasteiger partial charge in [0.2, 0.25) is 0 Å². The van der Waals surface area contributed by atoms with Gasteiger partial charge in [-0.25, -0.2) is 4.39 Å². The summed E-state index contributed by atoms with van der Waals surface area (Å²) < 4.78 is 19.5. The van der Waals surface area contributed by atoms with E-state index < -0.39 is 11.9 Å². The van der Waals surface area contributed by atoms with Crippen LogP contribution in [0, 0.1) is 11.7 Å². The minimum Gasteiger partial charge on any atom is -0.370 e. The normalized spacial score (nSPS) is 17.7. The molecule has 1 aromatic carbocycles. The van der Waals surface area contributed by atoms with Crippen LogP contribution in [-0.2, 0) is 16.0 Å². The molecule has 0 spiro atoms. The number of halogens is 2. The Bertz CT molecular complexity index is 463. The van der Waals surface area contributed by atoms with Crippen LogP contribution in [-0.4, -0.2) is 18.5 Å². The van der Waals surface area contributed by atoms with Crippen LogP contribution in [0.3, 0.4) is 0 Å². The molecule has 0 radical (unpaired) electrons. The predicted octanol–water partition coefficient (Wildman–Crippen LogP) is 4.58. The summed E-state index contributed by atoms with van der Waals surface area (Å²) in [5.41, 5.74) is 0.282. The second-order valence-corrected chi connectivity index (χ2v) is 6.02. The molecule has 21 heavy (non-hydrogen) atoms. The number of ketones is 1. The van der Waals surface area contributed by atoms with Crippen LogP contribution in [0.2, 0.25) is 5.02 Å². The molecule has 1 aliphatic carbocycles. The highest BCUT2D eigenvalue weighted by Crippen LogP contribution is 2.30. The standard InChI is InChI=1S/C17H22ClFO2/c1-2-21-17(12-7-4-3-5-8-12)16(20)11-13-14(18)9-6-10-15(13)19/h6,9-10,12,17H,2-5,7-8,11H2,1H3. The molecule has 0 amide bonds. The van der Waals surface area contributed by atoms with Crippen LogP contribution in [0.5, 0.6) is 0 Å². The Kier molecular flexibility index (Phi) is 6.19. The highest BCUT2D eigenvalue weighted by molar-refractivity contribution is 6.31. The van der Waals surface area contributed by atoms with Gasteiger partial charge in [0, 0.05) is 23.6 Å². The van der Waals surface area contributed by atoms with Gasteiger partial charge in [-0.05, 0) is 37.8 Å². The van der Waals surface area contributed by atoms with Crippen molar-refractivity contribution < 1.29 is 13.9 Å². The van der Waals surface area contributed by atoms with Crippen LogP contribution in [0.1, 0.15) is 44.6 Å². The lowest BCUT2D eigenvalue weighted by molar-refractivity contribution is -0.134. The van der Waals surface area contributed by atoms with Gasteiger partial charge in [0.05, 0.1) is 0 Å². The molecule has 0 saturated heterocycles. The van der Waals surface area contributed by atoms with E-state index in [2.05, 4.69) is 0 Å². The summed E-state index contributed by atoms with van der Waals surface area (Å²) in [7, 11) is 0. The summed E-state index contributed by atoms with van der Waals surface area (Å²) in [5.74, 6) is -0.220. The third-order valence-corrected chi connectivity index (χ3v) is 4.51. The number of hydrogen-bond donors (Lipinski definition) is 0. The monoisotopic (exact) mass is 312 g/mol. The molecule has 0 heterocycles. The first kappa shape index (κ1) is 16.4. The number of ether oxygens (including phenoxy) is 1. The van der Waals surface area contributed by atoms with Crippen molar-refractivity contribution in [1.29, 1.82) is 0 Å². The van der Waals surface area contributed by atoms with Gasteiger partial charge in [-0.15, -0.1) is 0 Å². The van der Waals surface area contributed by atoms with Crippen molar-refractivity contribution in [3.63, 3.8) is 0 Å². The molecule has 4 heteroatoms. The number of benzene rings is 1. The molecule has 2 nitrogen and oxygen atoms in total. The van der Waals surface area contributed by atoms with Crippen LogP contribution >= 0.6 is 11.6 Å². The number of carbonyl (C=O) groups is 1. The van der Waals surface area contributed by atoms with E-state index >= 15 is 0 Å². The average molecular weight is 313 g/mol. The Balaban J connectivity index is 2.11. The number of Topliss-reactive ketones (excluding diaryl/α,β-unsaturated/α-hetero) is 1. The quantitative estimate of drug-likeness (QED) is 0.768. The maximum Gasteiger partial charge on any atom is 0.166 e. The Labute approximate surface area is 130 Å². The van der Waals surface area contributed by atoms with Gasteiger partial charge in [0.1, 0.15) is 11.9 Å². The molecular formula is C17H22ClFO2. The zero-order valence-electron chi connectivity index (χ0n) is 12.4. The zero-order chi connectivity index (χ0) is 15.2. The largest absolute Gasteiger partial charge is 0.370 e. The highest BCUT2D eigenvalue weighted by atomic mass is 35.5. The van der Waals surface area contributed by atoms with E-state index in [1.54, 1.807) is 12.1 Å². The van der Waals surface area contributed by atoms with Crippen LogP contribution < -0.4 is 0 Å². The summed E-state index contributed by atoms with van der Waals surface area (Å²) in [4.78, 5) is 12.6. The number of carbonyl (C=O) groups excluding carboxylic acids is 1. The maximum atomic E-state index is 13.8. The Morgan fingerprint density at radius 3 is 2.71 bits per heavy atom. The summed E-state index contributed by atoms with van der Waals surface area (Å²) in [6, 6.07) is 4.50. The van der Waals surface area contributed by atoms with Gasteiger partial charge < -0.3 is 4.74 Å². The Morgan fingerprint density at radius 2 is 2.10 bits per heavy atom. The van der Waals surface area contributed by atoms with E-state index in [9.17, 15) is 9.18 Å². The van der Waals surface area contributed by atoms with Gasteiger partial charge in [0.25, 0.3) is 0 Å². The highest BCUT2D eigenvalue weighted by Gasteiger charge is 2.30. The fourth-order valence-corrected chi connectivity index (χ4v) is 3.31. The van der Waals surface area contributed by atoms with Crippen molar-refractivity contribution >= 4 is 17.4 Å². The van der Waals surface area contributed by atoms with Gasteiger partial charge in [-0.1, -0.05) is 36.9 Å². The first-order valence-corrected chi connectivity index (χ1v) is 8.08. The fraction of sp³-hybridized carbons (Fsp3) is 0.588. The van der Waals surface area contributed by atoms with Crippen molar-refractivity contribution in [3.8, 4) is 0 Å². The summed E-state index contributed by atoms with van der Waals surface area (Å²) >= 11 is 6.01. The Morgan fingerprint density at radius 1 is 1.38 bits per heavy atom. The van der Waals surface area contributed by atoms with E-state index in [0.29, 0.717) is 11.6 Å². The number of hydrogen-bond acceptors (Lipinski definition) is 2. The minimum atomic E-state index is -0.425. The van der Waals surface area contributed by atoms with Crippen LogP contribution in [0.15, 0.2) is 18.2 Å². The third kappa shape index (κ3) is 4.27. The lowest BCUT2D eigenvalue weighted by atomic mass is 9.82. The molecular weight excluding hydrogens is 291 g/mol. The van der Waals surface area contributed by atoms with E-state index in [1.807, 2.05) is 6.92 Å². The third-order valence-electron chi connectivity index (χ3n) is 4.15. The summed E-state index contributed by atoms with van der Waals surface area (Å²) in [5, 5.41) is 0.308. The maximum absolute atomic E-state index is 13.8. The molecule has 0 bridgehead atoms. The van der Waals surface area contributed by atoms with E-state index in [1.165, 1.54) is 12.5 Å². The average Bonchev–Trinajstić information content (AvgIpc) is 2.49. The molecule has 1 unspecified atom stereocenters. The molecule has 2 rings (SSSR count). The molecule has 0 aliphatic heterocycles. The van der Waals surface area contributed by atoms with Crippen molar-refractivity contribution in [2.24, 2.45) is 5.92 Å². The first-order valence-electron chi connectivity index (χ1n) is 7.70. The topological polar surface area (TPSA) is 26.3 Å². The predicted molar refractivity (Wildman–Crippen MR) is 82.1 cm³/mol.